The maximum absolute atomic E-state index is 12.6. The molecule has 1 N–H and O–H groups in total. The summed E-state index contributed by atoms with van der Waals surface area (Å²) in [5.74, 6) is 0.845. The molecule has 8 heteroatoms. The third-order valence-electron chi connectivity index (χ3n) is 4.27. The molecule has 2 heterocycles. The lowest BCUT2D eigenvalue weighted by molar-refractivity contribution is -0.126. The molecule has 2 aromatic rings. The minimum atomic E-state index is -0.0913. The summed E-state index contributed by atoms with van der Waals surface area (Å²) in [5.41, 5.74) is 2.61. The van der Waals surface area contributed by atoms with Crippen LogP contribution in [0.5, 0.6) is 0 Å². The van der Waals surface area contributed by atoms with Gasteiger partial charge in [-0.2, -0.15) is 0 Å². The van der Waals surface area contributed by atoms with Gasteiger partial charge in [0.25, 0.3) is 0 Å². The molecule has 24 heavy (non-hydrogen) atoms. The van der Waals surface area contributed by atoms with Crippen LogP contribution in [0.3, 0.4) is 0 Å². The van der Waals surface area contributed by atoms with Crippen LogP contribution >= 0.6 is 11.8 Å². The van der Waals surface area contributed by atoms with Gasteiger partial charge in [0.2, 0.25) is 11.1 Å². The predicted octanol–water partition coefficient (Wildman–Crippen LogP) is 0.865. The number of benzene rings is 1. The summed E-state index contributed by atoms with van der Waals surface area (Å²) in [6.07, 6.45) is 0.774. The van der Waals surface area contributed by atoms with Crippen molar-refractivity contribution in [3.05, 3.63) is 35.4 Å². The lowest BCUT2D eigenvalue weighted by Crippen LogP contribution is -2.50. The Labute approximate surface area is 145 Å². The Balaban J connectivity index is 1.53. The third kappa shape index (κ3) is 3.76. The quantitative estimate of drug-likeness (QED) is 0.618. The van der Waals surface area contributed by atoms with E-state index in [4.69, 9.17) is 0 Å². The Morgan fingerprint density at radius 3 is 2.88 bits per heavy atom. The molecule has 0 saturated carbocycles. The van der Waals surface area contributed by atoms with Crippen LogP contribution in [-0.2, 0) is 24.8 Å². The number of thioether (sulfide) groups is 1. The highest BCUT2D eigenvalue weighted by atomic mass is 32.2. The van der Waals surface area contributed by atoms with Gasteiger partial charge in [-0.05, 0) is 34.5 Å². The van der Waals surface area contributed by atoms with Gasteiger partial charge >= 0.3 is 0 Å². The van der Waals surface area contributed by atoms with Crippen LogP contribution in [0.1, 0.15) is 18.1 Å². The number of rotatable bonds is 6. The zero-order chi connectivity index (χ0) is 16.9. The largest absolute Gasteiger partial charge is 0.354 e. The van der Waals surface area contributed by atoms with E-state index in [1.54, 1.807) is 11.7 Å². The highest BCUT2D eigenvalue weighted by molar-refractivity contribution is 7.99. The van der Waals surface area contributed by atoms with Crippen LogP contribution in [0.4, 0.5) is 0 Å². The molecule has 1 unspecified atom stereocenters. The fourth-order valence-corrected chi connectivity index (χ4v) is 3.65. The average Bonchev–Trinajstić information content (AvgIpc) is 3.02. The number of aryl methyl sites for hydroxylation is 1. The molecule has 1 aliphatic rings. The van der Waals surface area contributed by atoms with Gasteiger partial charge in [-0.1, -0.05) is 43.0 Å². The molecule has 0 radical (unpaired) electrons. The molecular weight excluding hydrogens is 324 g/mol. The molecule has 0 spiro atoms. The molecule has 1 aromatic heterocycles. The fourth-order valence-electron chi connectivity index (χ4n) is 2.95. The van der Waals surface area contributed by atoms with Crippen molar-refractivity contribution in [3.8, 4) is 0 Å². The number of hydrogen-bond donors (Lipinski definition) is 1. The van der Waals surface area contributed by atoms with Crippen molar-refractivity contribution < 1.29 is 4.79 Å². The van der Waals surface area contributed by atoms with Gasteiger partial charge in [-0.3, -0.25) is 9.69 Å². The van der Waals surface area contributed by atoms with Gasteiger partial charge in [0, 0.05) is 25.9 Å². The van der Waals surface area contributed by atoms with Gasteiger partial charge in [-0.25, -0.2) is 4.68 Å². The van der Waals surface area contributed by atoms with Gasteiger partial charge in [0.1, 0.15) is 0 Å². The highest BCUT2D eigenvalue weighted by Gasteiger charge is 2.30. The summed E-state index contributed by atoms with van der Waals surface area (Å²) < 4.78 is 1.63. The van der Waals surface area contributed by atoms with E-state index in [2.05, 4.69) is 50.9 Å². The maximum Gasteiger partial charge on any atom is 0.237 e. The second kappa shape index (κ2) is 7.76. The molecule has 1 atom stereocenters. The van der Waals surface area contributed by atoms with E-state index in [1.807, 2.05) is 6.07 Å². The molecule has 0 fully saturated rings. The number of nitrogens with zero attached hydrogens (tertiary/aromatic N) is 5. The van der Waals surface area contributed by atoms with Gasteiger partial charge < -0.3 is 5.32 Å². The van der Waals surface area contributed by atoms with Gasteiger partial charge in [0.15, 0.2) is 0 Å². The van der Waals surface area contributed by atoms with E-state index in [1.165, 1.54) is 22.9 Å². The van der Waals surface area contributed by atoms with Crippen molar-refractivity contribution in [3.63, 3.8) is 0 Å². The number of likely N-dealkylation sites (N-methyl/N-ethyl adjacent to an activating group) is 1. The van der Waals surface area contributed by atoms with E-state index < -0.39 is 0 Å². The first-order valence-electron chi connectivity index (χ1n) is 8.12. The van der Waals surface area contributed by atoms with Crippen molar-refractivity contribution in [1.29, 1.82) is 0 Å². The monoisotopic (exact) mass is 346 g/mol. The summed E-state index contributed by atoms with van der Waals surface area (Å²) in [6.45, 7) is 4.41. The molecule has 0 bridgehead atoms. The van der Waals surface area contributed by atoms with Crippen LogP contribution in [0.25, 0.3) is 0 Å². The predicted molar refractivity (Wildman–Crippen MR) is 92.5 cm³/mol. The van der Waals surface area contributed by atoms with Crippen molar-refractivity contribution in [1.82, 2.24) is 30.4 Å². The summed E-state index contributed by atoms with van der Waals surface area (Å²) >= 11 is 1.54. The first-order valence-corrected chi connectivity index (χ1v) is 9.11. The molecule has 0 saturated heterocycles. The Bertz CT molecular complexity index is 703. The lowest BCUT2D eigenvalue weighted by Gasteiger charge is -2.35. The zero-order valence-corrected chi connectivity index (χ0v) is 14.8. The van der Waals surface area contributed by atoms with Crippen LogP contribution in [0.2, 0.25) is 0 Å². The Morgan fingerprint density at radius 2 is 2.17 bits per heavy atom. The second-order valence-corrected chi connectivity index (χ2v) is 6.84. The number of hydrogen-bond acceptors (Lipinski definition) is 6. The van der Waals surface area contributed by atoms with Crippen molar-refractivity contribution in [2.24, 2.45) is 7.05 Å². The number of aromatic nitrogens is 4. The first kappa shape index (κ1) is 16.9. The Kier molecular flexibility index (Phi) is 5.47. The average molecular weight is 346 g/mol. The van der Waals surface area contributed by atoms with E-state index in [-0.39, 0.29) is 11.9 Å². The summed E-state index contributed by atoms with van der Waals surface area (Å²) in [5, 5.41) is 15.1. The second-order valence-electron chi connectivity index (χ2n) is 5.78. The van der Waals surface area contributed by atoms with Gasteiger partial charge in [-0.15, -0.1) is 5.10 Å². The molecule has 1 amide bonds. The zero-order valence-electron chi connectivity index (χ0n) is 14.0. The van der Waals surface area contributed by atoms with Gasteiger partial charge in [0.05, 0.1) is 6.04 Å². The SMILES string of the molecule is CCN1Cc2ccccc2CC1C(=O)NCCSc1nnnn1C. The Morgan fingerprint density at radius 1 is 1.38 bits per heavy atom. The molecule has 1 aromatic carbocycles. The summed E-state index contributed by atoms with van der Waals surface area (Å²) in [4.78, 5) is 14.8. The molecule has 0 aliphatic carbocycles. The van der Waals surface area contributed by atoms with Crippen molar-refractivity contribution >= 4 is 17.7 Å². The van der Waals surface area contributed by atoms with Crippen molar-refractivity contribution in [2.45, 2.75) is 31.1 Å². The van der Waals surface area contributed by atoms with Crippen LogP contribution in [-0.4, -0.2) is 55.9 Å². The van der Waals surface area contributed by atoms with E-state index in [0.717, 1.165) is 30.4 Å². The fraction of sp³-hybridized carbons (Fsp3) is 0.500. The van der Waals surface area contributed by atoms with Crippen LogP contribution < -0.4 is 5.32 Å². The molecule has 1 aliphatic heterocycles. The topological polar surface area (TPSA) is 75.9 Å². The lowest BCUT2D eigenvalue weighted by atomic mass is 9.93. The Hall–Kier alpha value is -1.93. The molecular formula is C16H22N6OS. The minimum absolute atomic E-state index is 0.0913. The molecule has 3 rings (SSSR count). The minimum Gasteiger partial charge on any atom is -0.354 e. The number of fused-ring (bicyclic) bond motifs is 1. The van der Waals surface area contributed by atoms with Crippen LogP contribution in [0.15, 0.2) is 29.4 Å². The van der Waals surface area contributed by atoms with E-state index >= 15 is 0 Å². The standard InChI is InChI=1S/C16H22N6OS/c1-3-22-11-13-7-5-4-6-12(13)10-14(22)15(23)17-8-9-24-16-18-19-20-21(16)2/h4-7,14H,3,8-11H2,1-2H3,(H,17,23). The third-order valence-corrected chi connectivity index (χ3v) is 5.28. The molecule has 128 valence electrons. The molecule has 7 nitrogen and oxygen atoms in total. The first-order chi connectivity index (χ1) is 11.7. The summed E-state index contributed by atoms with van der Waals surface area (Å²) in [7, 11) is 1.81. The smallest absolute Gasteiger partial charge is 0.237 e. The van der Waals surface area contributed by atoms with Crippen LogP contribution in [0, 0.1) is 0 Å². The number of carbonyl (C=O) groups excluding carboxylic acids is 1. The number of amides is 1. The highest BCUT2D eigenvalue weighted by Crippen LogP contribution is 2.23. The maximum atomic E-state index is 12.6. The van der Waals surface area contributed by atoms with E-state index in [0.29, 0.717) is 6.54 Å². The number of nitrogens with one attached hydrogen (secondary N) is 1. The van der Waals surface area contributed by atoms with Crippen molar-refractivity contribution in [2.75, 3.05) is 18.8 Å². The number of carbonyl (C=O) groups is 1. The van der Waals surface area contributed by atoms with E-state index in [9.17, 15) is 4.79 Å². The number of tetrazole rings is 1. The summed E-state index contributed by atoms with van der Waals surface area (Å²) in [6, 6.07) is 8.29. The normalized spacial score (nSPS) is 17.5.